The van der Waals surface area contributed by atoms with Crippen LogP contribution in [0.5, 0.6) is 0 Å². The highest BCUT2D eigenvalue weighted by atomic mass is 16.5. The van der Waals surface area contributed by atoms with E-state index in [1.54, 1.807) is 6.20 Å². The summed E-state index contributed by atoms with van der Waals surface area (Å²) in [4.78, 5) is 33.6. The fourth-order valence-electron chi connectivity index (χ4n) is 1.92. The van der Waals surface area contributed by atoms with Crippen molar-refractivity contribution in [3.8, 4) is 0 Å². The lowest BCUT2D eigenvalue weighted by Crippen LogP contribution is -2.39. The number of hydrogen-bond donors (Lipinski definition) is 2. The number of amides is 1. The van der Waals surface area contributed by atoms with Crippen LogP contribution in [0.25, 0.3) is 0 Å². The Labute approximate surface area is 122 Å². The van der Waals surface area contributed by atoms with Gasteiger partial charge in [-0.15, -0.1) is 0 Å². The van der Waals surface area contributed by atoms with Crippen LogP contribution in [0.3, 0.4) is 0 Å². The maximum absolute atomic E-state index is 12.3. The number of fused-ring (bicyclic) bond motifs is 1. The van der Waals surface area contributed by atoms with Gasteiger partial charge in [-0.1, -0.05) is 0 Å². The van der Waals surface area contributed by atoms with Gasteiger partial charge in [0, 0.05) is 13.1 Å². The van der Waals surface area contributed by atoms with Crippen LogP contribution in [-0.4, -0.2) is 42.0 Å². The van der Waals surface area contributed by atoms with Crippen molar-refractivity contribution in [3.63, 3.8) is 0 Å². The molecule has 0 aromatic carbocycles. The van der Waals surface area contributed by atoms with E-state index in [1.807, 2.05) is 13.8 Å². The highest BCUT2D eigenvalue weighted by molar-refractivity contribution is 6.14. The molecular weight excluding hydrogens is 274 g/mol. The molecule has 0 radical (unpaired) electrons. The fraction of sp³-hybridized carbons (Fsp3) is 0.385. The highest BCUT2D eigenvalue weighted by Gasteiger charge is 2.29. The third-order valence-corrected chi connectivity index (χ3v) is 2.88. The third-order valence-electron chi connectivity index (χ3n) is 2.88. The second-order valence-electron chi connectivity index (χ2n) is 4.22. The lowest BCUT2D eigenvalue weighted by Gasteiger charge is -2.29. The number of carbonyl (C=O) groups excluding carboxylic acids is 2. The molecule has 1 aliphatic heterocycles. The molecule has 2 heterocycles. The lowest BCUT2D eigenvalue weighted by atomic mass is 10.2. The molecule has 0 saturated carbocycles. The Morgan fingerprint density at radius 1 is 1.52 bits per heavy atom. The number of aromatic nitrogens is 2. The molecule has 0 saturated heterocycles. The Balaban J connectivity index is 2.42. The minimum absolute atomic E-state index is 0.135. The average molecular weight is 291 g/mol. The van der Waals surface area contributed by atoms with Gasteiger partial charge < -0.3 is 15.4 Å². The zero-order chi connectivity index (χ0) is 15.4. The van der Waals surface area contributed by atoms with E-state index in [1.165, 1.54) is 12.0 Å². The number of carbonyl (C=O) groups is 2. The quantitative estimate of drug-likeness (QED) is 0.624. The van der Waals surface area contributed by atoms with E-state index in [9.17, 15) is 9.59 Å². The summed E-state index contributed by atoms with van der Waals surface area (Å²) in [6, 6.07) is 0. The molecule has 1 amide bonds. The highest BCUT2D eigenvalue weighted by Crippen LogP contribution is 2.30. The van der Waals surface area contributed by atoms with Crippen molar-refractivity contribution in [2.24, 2.45) is 0 Å². The molecule has 8 nitrogen and oxygen atoms in total. The van der Waals surface area contributed by atoms with Gasteiger partial charge >= 0.3 is 5.97 Å². The Morgan fingerprint density at radius 3 is 2.90 bits per heavy atom. The van der Waals surface area contributed by atoms with Crippen molar-refractivity contribution in [2.45, 2.75) is 13.8 Å². The molecule has 0 fully saturated rings. The first-order chi connectivity index (χ1) is 10.1. The molecule has 8 heteroatoms. The van der Waals surface area contributed by atoms with E-state index < -0.39 is 5.97 Å². The van der Waals surface area contributed by atoms with Crippen molar-refractivity contribution in [2.75, 3.05) is 35.7 Å². The van der Waals surface area contributed by atoms with Crippen LogP contribution >= 0.6 is 0 Å². The summed E-state index contributed by atoms with van der Waals surface area (Å²) in [5.74, 6) is -0.00717. The number of nitrogens with one attached hydrogen (secondary N) is 2. The first-order valence-corrected chi connectivity index (χ1v) is 6.60. The second-order valence-corrected chi connectivity index (χ2v) is 4.22. The van der Waals surface area contributed by atoms with Crippen molar-refractivity contribution in [3.05, 3.63) is 18.0 Å². The molecule has 0 aliphatic carbocycles. The molecular formula is C13H17N5O3. The number of likely N-dealkylation sites (N-methyl/N-ethyl adjacent to an activating group) is 1. The van der Waals surface area contributed by atoms with Gasteiger partial charge in [0.15, 0.2) is 5.82 Å². The summed E-state index contributed by atoms with van der Waals surface area (Å²) in [6.45, 7) is 4.87. The summed E-state index contributed by atoms with van der Waals surface area (Å²) < 4.78 is 4.54. The Kier molecular flexibility index (Phi) is 4.36. The predicted molar refractivity (Wildman–Crippen MR) is 77.9 cm³/mol. The molecule has 1 aliphatic rings. The Hall–Kier alpha value is -2.64. The fourth-order valence-corrected chi connectivity index (χ4v) is 1.92. The molecule has 0 atom stereocenters. The van der Waals surface area contributed by atoms with Crippen LogP contribution in [0.2, 0.25) is 0 Å². The van der Waals surface area contributed by atoms with Crippen molar-refractivity contribution < 1.29 is 14.3 Å². The summed E-state index contributed by atoms with van der Waals surface area (Å²) >= 11 is 0. The SMILES string of the molecule is CCNc1ncc2c(n1)N(CC)C(=O)/C(=C\C(=O)OC)N2. The Morgan fingerprint density at radius 2 is 2.29 bits per heavy atom. The summed E-state index contributed by atoms with van der Waals surface area (Å²) in [6.07, 6.45) is 2.69. The van der Waals surface area contributed by atoms with Crippen LogP contribution < -0.4 is 15.5 Å². The van der Waals surface area contributed by atoms with E-state index >= 15 is 0 Å². The topological polar surface area (TPSA) is 96.5 Å². The monoisotopic (exact) mass is 291 g/mol. The molecule has 0 bridgehead atoms. The van der Waals surface area contributed by atoms with Crippen molar-refractivity contribution in [1.29, 1.82) is 0 Å². The first kappa shape index (κ1) is 14.8. The molecule has 112 valence electrons. The Bertz CT molecular complexity index is 599. The van der Waals surface area contributed by atoms with Gasteiger partial charge in [-0.25, -0.2) is 9.78 Å². The van der Waals surface area contributed by atoms with E-state index in [-0.39, 0.29) is 11.6 Å². The van der Waals surface area contributed by atoms with Gasteiger partial charge in [0.1, 0.15) is 11.4 Å². The van der Waals surface area contributed by atoms with E-state index in [0.29, 0.717) is 30.5 Å². The summed E-state index contributed by atoms with van der Waals surface area (Å²) in [5.41, 5.74) is 0.698. The van der Waals surface area contributed by atoms with E-state index in [4.69, 9.17) is 0 Å². The van der Waals surface area contributed by atoms with Gasteiger partial charge in [-0.3, -0.25) is 9.69 Å². The largest absolute Gasteiger partial charge is 0.466 e. The molecule has 2 N–H and O–H groups in total. The zero-order valence-corrected chi connectivity index (χ0v) is 12.1. The van der Waals surface area contributed by atoms with Gasteiger partial charge in [0.2, 0.25) is 5.95 Å². The number of esters is 1. The summed E-state index contributed by atoms with van der Waals surface area (Å²) in [5, 5.41) is 5.85. The van der Waals surface area contributed by atoms with Gasteiger partial charge in [0.05, 0.1) is 19.4 Å². The first-order valence-electron chi connectivity index (χ1n) is 6.60. The van der Waals surface area contributed by atoms with E-state index in [2.05, 4.69) is 25.3 Å². The summed E-state index contributed by atoms with van der Waals surface area (Å²) in [7, 11) is 1.25. The number of methoxy groups -OCH3 is 1. The molecule has 21 heavy (non-hydrogen) atoms. The standard InChI is InChI=1S/C13H17N5O3/c1-4-14-13-15-7-9-11(17-13)18(5-2)12(20)8(16-9)6-10(19)21-3/h6-7,16H,4-5H2,1-3H3,(H,14,15,17)/b8-6+. The van der Waals surface area contributed by atoms with Gasteiger partial charge in [-0.2, -0.15) is 4.98 Å². The zero-order valence-electron chi connectivity index (χ0n) is 12.1. The second kappa shape index (κ2) is 6.21. The number of anilines is 3. The molecule has 1 aromatic rings. The molecule has 0 unspecified atom stereocenters. The van der Waals surface area contributed by atoms with Gasteiger partial charge in [0.25, 0.3) is 5.91 Å². The van der Waals surface area contributed by atoms with Gasteiger partial charge in [-0.05, 0) is 13.8 Å². The number of nitrogens with zero attached hydrogens (tertiary/aromatic N) is 3. The minimum atomic E-state index is -0.601. The van der Waals surface area contributed by atoms with Crippen LogP contribution in [-0.2, 0) is 14.3 Å². The lowest BCUT2D eigenvalue weighted by molar-refractivity contribution is -0.135. The number of ether oxygens (including phenoxy) is 1. The average Bonchev–Trinajstić information content (AvgIpc) is 2.48. The van der Waals surface area contributed by atoms with Crippen molar-refractivity contribution in [1.82, 2.24) is 9.97 Å². The maximum Gasteiger partial charge on any atom is 0.332 e. The van der Waals surface area contributed by atoms with Crippen LogP contribution in [0.4, 0.5) is 17.5 Å². The van der Waals surface area contributed by atoms with Crippen LogP contribution in [0.1, 0.15) is 13.8 Å². The molecule has 1 aromatic heterocycles. The third kappa shape index (κ3) is 2.93. The molecule has 0 spiro atoms. The number of hydrogen-bond acceptors (Lipinski definition) is 7. The van der Waals surface area contributed by atoms with Crippen LogP contribution in [0.15, 0.2) is 18.0 Å². The van der Waals surface area contributed by atoms with Crippen LogP contribution in [0, 0.1) is 0 Å². The van der Waals surface area contributed by atoms with E-state index in [0.717, 1.165) is 6.08 Å². The normalized spacial score (nSPS) is 15.5. The maximum atomic E-state index is 12.3. The van der Waals surface area contributed by atoms with Crippen molar-refractivity contribution >= 4 is 29.3 Å². The molecule has 2 rings (SSSR count). The smallest absolute Gasteiger partial charge is 0.332 e. The predicted octanol–water partition coefficient (Wildman–Crippen LogP) is 0.744. The number of rotatable bonds is 4. The minimum Gasteiger partial charge on any atom is -0.466 e.